The highest BCUT2D eigenvalue weighted by Crippen LogP contribution is 2.21. The summed E-state index contributed by atoms with van der Waals surface area (Å²) in [6, 6.07) is 2.63. The number of hydrogen-bond donors (Lipinski definition) is 2. The molecule has 0 saturated carbocycles. The molecule has 1 aromatic rings. The number of thioether (sulfide) groups is 1. The molecule has 1 aromatic carbocycles. The number of halogens is 2. The Labute approximate surface area is 84.9 Å². The summed E-state index contributed by atoms with van der Waals surface area (Å²) >= 11 is 6.80. The van der Waals surface area contributed by atoms with Crippen LogP contribution in [0.5, 0.6) is 0 Å². The van der Waals surface area contributed by atoms with Crippen LogP contribution in [-0.4, -0.2) is 23.4 Å². The van der Waals surface area contributed by atoms with E-state index in [2.05, 4.69) is 0 Å². The maximum Gasteiger partial charge on any atom is 0.491 e. The minimum Gasteiger partial charge on any atom is -0.423 e. The van der Waals surface area contributed by atoms with Gasteiger partial charge in [0.1, 0.15) is 5.82 Å². The van der Waals surface area contributed by atoms with Gasteiger partial charge in [0, 0.05) is 15.4 Å². The third-order valence-electron chi connectivity index (χ3n) is 1.53. The summed E-state index contributed by atoms with van der Waals surface area (Å²) in [7, 11) is -1.83. The van der Waals surface area contributed by atoms with Crippen LogP contribution >= 0.6 is 23.4 Å². The van der Waals surface area contributed by atoms with Crippen LogP contribution in [-0.2, 0) is 0 Å². The molecule has 0 spiro atoms. The second-order valence-electron chi connectivity index (χ2n) is 2.38. The quantitative estimate of drug-likeness (QED) is 0.574. The van der Waals surface area contributed by atoms with Gasteiger partial charge in [-0.05, 0) is 18.4 Å². The average Bonchev–Trinajstić information content (AvgIpc) is 2.08. The van der Waals surface area contributed by atoms with Gasteiger partial charge in [0.25, 0.3) is 0 Å². The predicted molar refractivity (Wildman–Crippen MR) is 53.0 cm³/mol. The van der Waals surface area contributed by atoms with Crippen LogP contribution in [0.4, 0.5) is 4.39 Å². The van der Waals surface area contributed by atoms with Gasteiger partial charge in [-0.2, -0.15) is 0 Å². The van der Waals surface area contributed by atoms with Gasteiger partial charge < -0.3 is 10.0 Å². The van der Waals surface area contributed by atoms with Crippen LogP contribution in [0.1, 0.15) is 0 Å². The maximum atomic E-state index is 13.3. The van der Waals surface area contributed by atoms with Crippen LogP contribution in [0.2, 0.25) is 5.02 Å². The molecule has 1 rings (SSSR count). The van der Waals surface area contributed by atoms with Crippen molar-refractivity contribution >= 4 is 35.9 Å². The lowest BCUT2D eigenvalue weighted by atomic mass is 9.80. The predicted octanol–water partition coefficient (Wildman–Crippen LogP) is 0.881. The van der Waals surface area contributed by atoms with Crippen molar-refractivity contribution in [1.82, 2.24) is 0 Å². The van der Waals surface area contributed by atoms with E-state index >= 15 is 0 Å². The molecule has 2 nitrogen and oxygen atoms in total. The van der Waals surface area contributed by atoms with Gasteiger partial charge in [0.2, 0.25) is 0 Å². The summed E-state index contributed by atoms with van der Waals surface area (Å²) < 4.78 is 13.3. The molecule has 70 valence electrons. The molecule has 0 aliphatic rings. The summed E-state index contributed by atoms with van der Waals surface area (Å²) in [5.41, 5.74) is -0.197. The van der Waals surface area contributed by atoms with E-state index < -0.39 is 12.9 Å². The van der Waals surface area contributed by atoms with Crippen molar-refractivity contribution in [3.63, 3.8) is 0 Å². The first-order valence-electron chi connectivity index (χ1n) is 3.45. The van der Waals surface area contributed by atoms with E-state index in [0.29, 0.717) is 4.90 Å². The Morgan fingerprint density at radius 2 is 2.08 bits per heavy atom. The monoisotopic (exact) mass is 220 g/mol. The molecule has 0 fully saturated rings. The highest BCUT2D eigenvalue weighted by molar-refractivity contribution is 7.98. The fraction of sp³-hybridized carbons (Fsp3) is 0.143. The Morgan fingerprint density at radius 3 is 2.54 bits per heavy atom. The highest BCUT2D eigenvalue weighted by atomic mass is 35.5. The zero-order valence-corrected chi connectivity index (χ0v) is 8.36. The second kappa shape index (κ2) is 4.33. The van der Waals surface area contributed by atoms with E-state index in [0.717, 1.165) is 11.8 Å². The summed E-state index contributed by atoms with van der Waals surface area (Å²) in [4.78, 5) is 0.301. The molecule has 0 unspecified atom stereocenters. The first kappa shape index (κ1) is 10.9. The van der Waals surface area contributed by atoms with Gasteiger partial charge in [-0.15, -0.1) is 11.8 Å². The van der Waals surface area contributed by atoms with Gasteiger partial charge in [0.05, 0.1) is 0 Å². The molecule has 0 bridgehead atoms. The van der Waals surface area contributed by atoms with Gasteiger partial charge in [-0.25, -0.2) is 4.39 Å². The van der Waals surface area contributed by atoms with Crippen molar-refractivity contribution in [2.75, 3.05) is 6.26 Å². The second-order valence-corrected chi connectivity index (χ2v) is 3.67. The molecular weight excluding hydrogens is 213 g/mol. The normalized spacial score (nSPS) is 10.2. The largest absolute Gasteiger partial charge is 0.491 e. The SMILES string of the molecule is CSc1cc(Cl)cc(B(O)O)c1F. The lowest BCUT2D eigenvalue weighted by Gasteiger charge is -2.06. The van der Waals surface area contributed by atoms with Gasteiger partial charge in [0.15, 0.2) is 0 Å². The molecule has 0 heterocycles. The Kier molecular flexibility index (Phi) is 3.61. The average molecular weight is 220 g/mol. The van der Waals surface area contributed by atoms with Crippen molar-refractivity contribution in [2.45, 2.75) is 4.90 Å². The fourth-order valence-electron chi connectivity index (χ4n) is 0.921. The van der Waals surface area contributed by atoms with Crippen molar-refractivity contribution in [3.8, 4) is 0 Å². The maximum absolute atomic E-state index is 13.3. The van der Waals surface area contributed by atoms with Crippen molar-refractivity contribution in [2.24, 2.45) is 0 Å². The molecule has 0 aliphatic carbocycles. The molecule has 2 N–H and O–H groups in total. The van der Waals surface area contributed by atoms with E-state index in [1.165, 1.54) is 12.1 Å². The van der Waals surface area contributed by atoms with E-state index in [4.69, 9.17) is 21.6 Å². The van der Waals surface area contributed by atoms with E-state index in [1.54, 1.807) is 6.26 Å². The summed E-state index contributed by atoms with van der Waals surface area (Å²) in [5, 5.41) is 17.9. The fourth-order valence-corrected chi connectivity index (χ4v) is 1.75. The van der Waals surface area contributed by atoms with Gasteiger partial charge in [-0.3, -0.25) is 0 Å². The third-order valence-corrected chi connectivity index (χ3v) is 2.49. The van der Waals surface area contributed by atoms with Gasteiger partial charge >= 0.3 is 7.12 Å². The van der Waals surface area contributed by atoms with Crippen LogP contribution in [0.25, 0.3) is 0 Å². The molecule has 13 heavy (non-hydrogen) atoms. The zero-order valence-electron chi connectivity index (χ0n) is 6.79. The molecule has 0 radical (unpaired) electrons. The van der Waals surface area contributed by atoms with Crippen LogP contribution in [0.15, 0.2) is 17.0 Å². The van der Waals surface area contributed by atoms with E-state index in [9.17, 15) is 4.39 Å². The van der Waals surface area contributed by atoms with Crippen LogP contribution < -0.4 is 5.46 Å². The minimum absolute atomic E-state index is 0.197. The molecule has 0 amide bonds. The first-order valence-corrected chi connectivity index (χ1v) is 5.05. The smallest absolute Gasteiger partial charge is 0.423 e. The van der Waals surface area contributed by atoms with E-state index in [-0.39, 0.29) is 10.5 Å². The zero-order chi connectivity index (χ0) is 10.0. The van der Waals surface area contributed by atoms with Gasteiger partial charge in [-0.1, -0.05) is 11.6 Å². The summed E-state index contributed by atoms with van der Waals surface area (Å²) in [6.07, 6.45) is 1.68. The summed E-state index contributed by atoms with van der Waals surface area (Å²) in [5.74, 6) is -0.632. The van der Waals surface area contributed by atoms with Crippen molar-refractivity contribution < 1.29 is 14.4 Å². The highest BCUT2D eigenvalue weighted by Gasteiger charge is 2.19. The lowest BCUT2D eigenvalue weighted by Crippen LogP contribution is -2.33. The lowest BCUT2D eigenvalue weighted by molar-refractivity contribution is 0.422. The first-order chi connectivity index (χ1) is 6.06. The Morgan fingerprint density at radius 1 is 1.46 bits per heavy atom. The number of benzene rings is 1. The third kappa shape index (κ3) is 2.37. The Hall–Kier alpha value is -0.225. The minimum atomic E-state index is -1.83. The molecule has 0 aromatic heterocycles. The molecular formula is C7H7BClFO2S. The van der Waals surface area contributed by atoms with E-state index in [1.807, 2.05) is 0 Å². The topological polar surface area (TPSA) is 40.5 Å². The van der Waals surface area contributed by atoms with Crippen LogP contribution in [0, 0.1) is 5.82 Å². The number of hydrogen-bond acceptors (Lipinski definition) is 3. The Balaban J connectivity index is 3.27. The molecule has 6 heteroatoms. The van der Waals surface area contributed by atoms with Crippen molar-refractivity contribution in [1.29, 1.82) is 0 Å². The summed E-state index contributed by atoms with van der Waals surface area (Å²) in [6.45, 7) is 0. The van der Waals surface area contributed by atoms with Crippen LogP contribution in [0.3, 0.4) is 0 Å². The molecule has 0 aliphatic heterocycles. The standard InChI is InChI=1S/C7H7BClFO2S/c1-13-6-3-4(9)2-5(7(6)10)8(11)12/h2-3,11-12H,1H3. The van der Waals surface area contributed by atoms with Crippen molar-refractivity contribution in [3.05, 3.63) is 23.0 Å². The molecule has 0 atom stereocenters. The Bertz CT molecular complexity index is 322. The number of rotatable bonds is 2. The molecule has 0 saturated heterocycles.